The molecule has 0 fully saturated rings. The van der Waals surface area contributed by atoms with Gasteiger partial charge in [-0.05, 0) is 25.8 Å². The summed E-state index contributed by atoms with van der Waals surface area (Å²) in [6.45, 7) is 3.80. The molecule has 0 saturated heterocycles. The molecule has 2 N–H and O–H groups in total. The molecule has 1 aromatic rings. The quantitative estimate of drug-likeness (QED) is 0.584. The Morgan fingerprint density at radius 2 is 2.16 bits per heavy atom. The fraction of sp³-hybridized carbons (Fsp3) is 0.462. The number of carboxylic acids is 1. The molecule has 1 aromatic carbocycles. The van der Waals surface area contributed by atoms with E-state index in [1.54, 1.807) is 6.07 Å². The summed E-state index contributed by atoms with van der Waals surface area (Å²) in [5.41, 5.74) is 0.876. The van der Waals surface area contributed by atoms with Crippen LogP contribution in [0.15, 0.2) is 24.3 Å². The van der Waals surface area contributed by atoms with Gasteiger partial charge in [0, 0.05) is 30.6 Å². The third-order valence-electron chi connectivity index (χ3n) is 2.91. The van der Waals surface area contributed by atoms with E-state index in [4.69, 9.17) is 5.11 Å². The Balaban J connectivity index is 2.62. The van der Waals surface area contributed by atoms with E-state index in [2.05, 4.69) is 5.32 Å². The van der Waals surface area contributed by atoms with Crippen molar-refractivity contribution >= 4 is 11.7 Å². The summed E-state index contributed by atoms with van der Waals surface area (Å²) in [5.74, 6) is -0.823. The van der Waals surface area contributed by atoms with Gasteiger partial charge in [-0.3, -0.25) is 14.9 Å². The zero-order valence-corrected chi connectivity index (χ0v) is 11.0. The van der Waals surface area contributed by atoms with Crippen LogP contribution in [0.2, 0.25) is 0 Å². The zero-order valence-electron chi connectivity index (χ0n) is 11.0. The Kier molecular flexibility index (Phi) is 5.44. The van der Waals surface area contributed by atoms with Gasteiger partial charge in [0.05, 0.1) is 4.92 Å². The van der Waals surface area contributed by atoms with Gasteiger partial charge in [-0.2, -0.15) is 0 Å². The molecule has 0 aliphatic carbocycles. The predicted molar refractivity (Wildman–Crippen MR) is 71.0 cm³/mol. The fourth-order valence-electron chi connectivity index (χ4n) is 1.85. The number of nitrogens with one attached hydrogen (secondary N) is 1. The number of aliphatic carboxylic acids is 1. The van der Waals surface area contributed by atoms with Gasteiger partial charge in [-0.15, -0.1) is 0 Å². The van der Waals surface area contributed by atoms with E-state index in [1.807, 2.05) is 19.9 Å². The Labute approximate surface area is 111 Å². The first kappa shape index (κ1) is 15.1. The van der Waals surface area contributed by atoms with Crippen LogP contribution in [0.1, 0.15) is 38.3 Å². The zero-order chi connectivity index (χ0) is 14.4. The van der Waals surface area contributed by atoms with Crippen LogP contribution >= 0.6 is 0 Å². The van der Waals surface area contributed by atoms with Crippen LogP contribution in [0.4, 0.5) is 5.69 Å². The van der Waals surface area contributed by atoms with Crippen LogP contribution in [0.25, 0.3) is 0 Å². The lowest BCUT2D eigenvalue weighted by Crippen LogP contribution is -2.29. The van der Waals surface area contributed by atoms with Gasteiger partial charge in [0.15, 0.2) is 0 Å². The average Bonchev–Trinajstić information content (AvgIpc) is 2.36. The van der Waals surface area contributed by atoms with Crippen molar-refractivity contribution in [2.45, 2.75) is 38.8 Å². The minimum atomic E-state index is -0.823. The molecule has 2 unspecified atom stereocenters. The summed E-state index contributed by atoms with van der Waals surface area (Å²) in [5, 5.41) is 22.5. The van der Waals surface area contributed by atoms with Crippen molar-refractivity contribution < 1.29 is 14.8 Å². The predicted octanol–water partition coefficient (Wildman–Crippen LogP) is 2.50. The van der Waals surface area contributed by atoms with Crippen molar-refractivity contribution in [3.05, 3.63) is 39.9 Å². The molecule has 0 saturated carbocycles. The van der Waals surface area contributed by atoms with Crippen molar-refractivity contribution in [3.63, 3.8) is 0 Å². The SMILES string of the molecule is CC(CCC(=O)O)NC(C)c1cccc([N+](=O)[O-])c1. The maximum Gasteiger partial charge on any atom is 0.303 e. The van der Waals surface area contributed by atoms with Crippen molar-refractivity contribution in [2.75, 3.05) is 0 Å². The second-order valence-corrected chi connectivity index (χ2v) is 4.57. The van der Waals surface area contributed by atoms with E-state index in [-0.39, 0.29) is 24.2 Å². The highest BCUT2D eigenvalue weighted by molar-refractivity contribution is 5.66. The Bertz CT molecular complexity index is 462. The number of non-ortho nitro benzene ring substituents is 1. The second-order valence-electron chi connectivity index (χ2n) is 4.57. The van der Waals surface area contributed by atoms with E-state index < -0.39 is 10.9 Å². The van der Waals surface area contributed by atoms with Crippen molar-refractivity contribution in [2.24, 2.45) is 0 Å². The number of nitrogens with zero attached hydrogens (tertiary/aromatic N) is 1. The van der Waals surface area contributed by atoms with Crippen LogP contribution in [0.5, 0.6) is 0 Å². The fourth-order valence-corrected chi connectivity index (χ4v) is 1.85. The van der Waals surface area contributed by atoms with Gasteiger partial charge in [-0.1, -0.05) is 12.1 Å². The largest absolute Gasteiger partial charge is 0.481 e. The van der Waals surface area contributed by atoms with Crippen LogP contribution in [-0.2, 0) is 4.79 Å². The van der Waals surface area contributed by atoms with E-state index in [0.29, 0.717) is 6.42 Å². The van der Waals surface area contributed by atoms with Gasteiger partial charge in [0.25, 0.3) is 5.69 Å². The number of rotatable bonds is 7. The van der Waals surface area contributed by atoms with Gasteiger partial charge in [-0.25, -0.2) is 0 Å². The molecule has 0 heterocycles. The number of nitro benzene ring substituents is 1. The standard InChI is InChI=1S/C13H18N2O4/c1-9(6-7-13(16)17)14-10(2)11-4-3-5-12(8-11)15(18)19/h3-5,8-10,14H,6-7H2,1-2H3,(H,16,17). The lowest BCUT2D eigenvalue weighted by atomic mass is 10.1. The van der Waals surface area contributed by atoms with E-state index >= 15 is 0 Å². The molecule has 19 heavy (non-hydrogen) atoms. The molecule has 1 rings (SSSR count). The Morgan fingerprint density at radius 1 is 1.47 bits per heavy atom. The molecule has 6 nitrogen and oxygen atoms in total. The van der Waals surface area contributed by atoms with E-state index in [9.17, 15) is 14.9 Å². The van der Waals surface area contributed by atoms with Crippen LogP contribution in [0.3, 0.4) is 0 Å². The molecular weight excluding hydrogens is 248 g/mol. The summed E-state index contributed by atoms with van der Waals surface area (Å²) in [6, 6.07) is 6.41. The first-order valence-corrected chi connectivity index (χ1v) is 6.12. The average molecular weight is 266 g/mol. The summed E-state index contributed by atoms with van der Waals surface area (Å²) in [7, 11) is 0. The monoisotopic (exact) mass is 266 g/mol. The number of hydrogen-bond acceptors (Lipinski definition) is 4. The summed E-state index contributed by atoms with van der Waals surface area (Å²) < 4.78 is 0. The minimum absolute atomic E-state index is 0.0327. The van der Waals surface area contributed by atoms with E-state index in [1.165, 1.54) is 12.1 Å². The van der Waals surface area contributed by atoms with Gasteiger partial charge < -0.3 is 10.4 Å². The van der Waals surface area contributed by atoms with Crippen molar-refractivity contribution in [1.29, 1.82) is 0 Å². The van der Waals surface area contributed by atoms with Gasteiger partial charge >= 0.3 is 5.97 Å². The number of hydrogen-bond donors (Lipinski definition) is 2. The molecule has 0 aromatic heterocycles. The molecule has 104 valence electrons. The van der Waals surface area contributed by atoms with Gasteiger partial charge in [0.2, 0.25) is 0 Å². The van der Waals surface area contributed by atoms with Crippen molar-refractivity contribution in [3.8, 4) is 0 Å². The molecule has 0 aliphatic heterocycles. The van der Waals surface area contributed by atoms with Crippen LogP contribution in [-0.4, -0.2) is 22.0 Å². The van der Waals surface area contributed by atoms with Crippen molar-refractivity contribution in [1.82, 2.24) is 5.32 Å². The molecular formula is C13H18N2O4. The third kappa shape index (κ3) is 5.05. The number of benzene rings is 1. The Morgan fingerprint density at radius 3 is 2.74 bits per heavy atom. The minimum Gasteiger partial charge on any atom is -0.481 e. The molecule has 0 radical (unpaired) electrons. The molecule has 2 atom stereocenters. The Hall–Kier alpha value is -1.95. The molecule has 0 amide bonds. The third-order valence-corrected chi connectivity index (χ3v) is 2.91. The van der Waals surface area contributed by atoms with Gasteiger partial charge in [0.1, 0.15) is 0 Å². The summed E-state index contributed by atoms with van der Waals surface area (Å²) in [4.78, 5) is 20.7. The summed E-state index contributed by atoms with van der Waals surface area (Å²) in [6.07, 6.45) is 0.629. The lowest BCUT2D eigenvalue weighted by Gasteiger charge is -2.19. The molecule has 6 heteroatoms. The normalized spacial score (nSPS) is 13.8. The maximum absolute atomic E-state index is 10.7. The van der Waals surface area contributed by atoms with E-state index in [0.717, 1.165) is 5.56 Å². The smallest absolute Gasteiger partial charge is 0.303 e. The first-order valence-electron chi connectivity index (χ1n) is 6.12. The lowest BCUT2D eigenvalue weighted by molar-refractivity contribution is -0.384. The highest BCUT2D eigenvalue weighted by Crippen LogP contribution is 2.19. The number of carbonyl (C=O) groups is 1. The number of nitro groups is 1. The summed E-state index contributed by atoms with van der Waals surface area (Å²) >= 11 is 0. The highest BCUT2D eigenvalue weighted by atomic mass is 16.6. The van der Waals surface area contributed by atoms with Crippen LogP contribution in [0, 0.1) is 10.1 Å². The molecule has 0 spiro atoms. The first-order chi connectivity index (χ1) is 8.90. The maximum atomic E-state index is 10.7. The number of carboxylic acid groups (broad SMARTS) is 1. The topological polar surface area (TPSA) is 92.5 Å². The molecule has 0 aliphatic rings. The second kappa shape index (κ2) is 6.84. The highest BCUT2D eigenvalue weighted by Gasteiger charge is 2.13. The van der Waals surface area contributed by atoms with Crippen LogP contribution < -0.4 is 5.32 Å². The molecule has 0 bridgehead atoms.